The summed E-state index contributed by atoms with van der Waals surface area (Å²) in [5.41, 5.74) is 0.888. The van der Waals surface area contributed by atoms with E-state index in [2.05, 4.69) is 5.32 Å². The molecule has 1 unspecified atom stereocenters. The van der Waals surface area contributed by atoms with Crippen LogP contribution in [0.2, 0.25) is 10.0 Å². The first-order valence-corrected chi connectivity index (χ1v) is 7.89. The summed E-state index contributed by atoms with van der Waals surface area (Å²) in [4.78, 5) is 22.4. The monoisotopic (exact) mass is 335 g/mol. The fourth-order valence-corrected chi connectivity index (χ4v) is 2.86. The first kappa shape index (κ1) is 17.1. The molecule has 4 nitrogen and oxygen atoms in total. The standard InChI is InChI=1S/C13H15Cl2NO3S/c1-2-11(13(18)19)16-12(17)7-20-6-8-3-4-9(14)5-10(8)15/h3-5,11H,2,6-7H2,1H3,(H,16,17)(H,18,19). The zero-order valence-corrected chi connectivity index (χ0v) is 13.2. The average molecular weight is 336 g/mol. The van der Waals surface area contributed by atoms with Crippen LogP contribution in [0.5, 0.6) is 0 Å². The number of amides is 1. The van der Waals surface area contributed by atoms with Crippen molar-refractivity contribution in [1.29, 1.82) is 0 Å². The summed E-state index contributed by atoms with van der Waals surface area (Å²) in [7, 11) is 0. The number of nitrogens with one attached hydrogen (secondary N) is 1. The number of carboxylic acids is 1. The van der Waals surface area contributed by atoms with Gasteiger partial charge in [0, 0.05) is 15.8 Å². The zero-order chi connectivity index (χ0) is 15.1. The lowest BCUT2D eigenvalue weighted by Gasteiger charge is -2.12. The molecule has 0 aliphatic heterocycles. The maximum absolute atomic E-state index is 11.6. The quantitative estimate of drug-likeness (QED) is 0.802. The molecular formula is C13H15Cl2NO3S. The molecule has 0 fully saturated rings. The minimum atomic E-state index is -1.02. The molecule has 1 aromatic carbocycles. The van der Waals surface area contributed by atoms with Gasteiger partial charge in [0.2, 0.25) is 5.91 Å². The Morgan fingerprint density at radius 2 is 2.10 bits per heavy atom. The third-order valence-corrected chi connectivity index (χ3v) is 4.12. The predicted molar refractivity (Wildman–Crippen MR) is 82.5 cm³/mol. The van der Waals surface area contributed by atoms with E-state index in [1.165, 1.54) is 11.8 Å². The van der Waals surface area contributed by atoms with Gasteiger partial charge in [0.25, 0.3) is 0 Å². The van der Waals surface area contributed by atoms with Crippen molar-refractivity contribution in [3.63, 3.8) is 0 Å². The largest absolute Gasteiger partial charge is 0.480 e. The molecule has 1 rings (SSSR count). The Hall–Kier alpha value is -0.910. The summed E-state index contributed by atoms with van der Waals surface area (Å²) in [6.45, 7) is 1.71. The number of halogens is 2. The van der Waals surface area contributed by atoms with Gasteiger partial charge in [-0.15, -0.1) is 11.8 Å². The number of carbonyl (C=O) groups excluding carboxylic acids is 1. The summed E-state index contributed by atoms with van der Waals surface area (Å²) in [6.07, 6.45) is 0.356. The Labute approximate surface area is 131 Å². The van der Waals surface area contributed by atoms with Crippen LogP contribution in [0.4, 0.5) is 0 Å². The molecule has 2 N–H and O–H groups in total. The maximum Gasteiger partial charge on any atom is 0.326 e. The number of carbonyl (C=O) groups is 2. The van der Waals surface area contributed by atoms with Gasteiger partial charge in [-0.1, -0.05) is 36.2 Å². The van der Waals surface area contributed by atoms with E-state index < -0.39 is 12.0 Å². The van der Waals surface area contributed by atoms with E-state index >= 15 is 0 Å². The van der Waals surface area contributed by atoms with Gasteiger partial charge >= 0.3 is 5.97 Å². The van der Waals surface area contributed by atoms with E-state index in [1.54, 1.807) is 19.1 Å². The molecule has 0 aliphatic rings. The molecule has 1 aromatic rings. The Morgan fingerprint density at radius 3 is 2.65 bits per heavy atom. The van der Waals surface area contributed by atoms with Crippen LogP contribution in [-0.4, -0.2) is 28.8 Å². The first-order valence-electron chi connectivity index (χ1n) is 5.98. The Bertz CT molecular complexity index is 497. The van der Waals surface area contributed by atoms with Gasteiger partial charge in [0.05, 0.1) is 5.75 Å². The molecular weight excluding hydrogens is 321 g/mol. The van der Waals surface area contributed by atoms with Crippen molar-refractivity contribution in [2.75, 3.05) is 5.75 Å². The average Bonchev–Trinajstić information content (AvgIpc) is 2.38. The highest BCUT2D eigenvalue weighted by Gasteiger charge is 2.17. The van der Waals surface area contributed by atoms with Gasteiger partial charge in [0.1, 0.15) is 6.04 Å². The molecule has 0 saturated carbocycles. The van der Waals surface area contributed by atoms with Crippen LogP contribution >= 0.6 is 35.0 Å². The van der Waals surface area contributed by atoms with Crippen LogP contribution in [0.15, 0.2) is 18.2 Å². The van der Waals surface area contributed by atoms with Crippen LogP contribution in [-0.2, 0) is 15.3 Å². The van der Waals surface area contributed by atoms with Crippen LogP contribution in [0.1, 0.15) is 18.9 Å². The number of carboxylic acid groups (broad SMARTS) is 1. The molecule has 0 spiro atoms. The van der Waals surface area contributed by atoms with Crippen molar-refractivity contribution in [2.45, 2.75) is 25.1 Å². The Balaban J connectivity index is 2.40. The summed E-state index contributed by atoms with van der Waals surface area (Å²) >= 11 is 13.2. The van der Waals surface area contributed by atoms with Crippen LogP contribution in [0, 0.1) is 0 Å². The fraction of sp³-hybridized carbons (Fsp3) is 0.385. The van der Waals surface area contributed by atoms with E-state index in [1.807, 2.05) is 6.07 Å². The van der Waals surface area contributed by atoms with E-state index in [-0.39, 0.29) is 11.7 Å². The minimum Gasteiger partial charge on any atom is -0.480 e. The van der Waals surface area contributed by atoms with Gasteiger partial charge in [-0.2, -0.15) is 0 Å². The lowest BCUT2D eigenvalue weighted by Crippen LogP contribution is -2.41. The number of thioether (sulfide) groups is 1. The zero-order valence-electron chi connectivity index (χ0n) is 10.9. The van der Waals surface area contributed by atoms with Gasteiger partial charge in [-0.3, -0.25) is 4.79 Å². The van der Waals surface area contributed by atoms with Crippen molar-refractivity contribution < 1.29 is 14.7 Å². The molecule has 0 heterocycles. The molecule has 1 atom stereocenters. The molecule has 1 amide bonds. The summed E-state index contributed by atoms with van der Waals surface area (Å²) < 4.78 is 0. The van der Waals surface area contributed by atoms with E-state index in [4.69, 9.17) is 28.3 Å². The van der Waals surface area contributed by atoms with Crippen molar-refractivity contribution in [1.82, 2.24) is 5.32 Å². The molecule has 0 bridgehead atoms. The van der Waals surface area contributed by atoms with E-state index in [0.29, 0.717) is 22.2 Å². The summed E-state index contributed by atoms with van der Waals surface area (Å²) in [5.74, 6) is -0.573. The minimum absolute atomic E-state index is 0.183. The molecule has 7 heteroatoms. The number of aliphatic carboxylic acids is 1. The second-order valence-corrected chi connectivity index (χ2v) is 5.92. The van der Waals surface area contributed by atoms with Crippen molar-refractivity contribution in [3.8, 4) is 0 Å². The molecule has 0 radical (unpaired) electrons. The smallest absolute Gasteiger partial charge is 0.326 e. The summed E-state index contributed by atoms with van der Waals surface area (Å²) in [5, 5.41) is 12.4. The predicted octanol–water partition coefficient (Wildman–Crippen LogP) is 3.21. The van der Waals surface area contributed by atoms with Crippen LogP contribution < -0.4 is 5.32 Å². The van der Waals surface area contributed by atoms with Crippen molar-refractivity contribution in [2.24, 2.45) is 0 Å². The molecule has 110 valence electrons. The van der Waals surface area contributed by atoms with Crippen LogP contribution in [0.3, 0.4) is 0 Å². The Morgan fingerprint density at radius 1 is 1.40 bits per heavy atom. The summed E-state index contributed by atoms with van der Waals surface area (Å²) in [6, 6.07) is 4.36. The molecule has 0 aliphatic carbocycles. The Kier molecular flexibility index (Phi) is 7.19. The second-order valence-electron chi connectivity index (χ2n) is 4.10. The molecule has 0 aromatic heterocycles. The van der Waals surface area contributed by atoms with Crippen LogP contribution in [0.25, 0.3) is 0 Å². The topological polar surface area (TPSA) is 66.4 Å². The van der Waals surface area contributed by atoms with Crippen molar-refractivity contribution >= 4 is 46.8 Å². The van der Waals surface area contributed by atoms with Gasteiger partial charge in [-0.05, 0) is 24.1 Å². The third-order valence-electron chi connectivity index (χ3n) is 2.55. The highest BCUT2D eigenvalue weighted by atomic mass is 35.5. The van der Waals surface area contributed by atoms with Gasteiger partial charge in [-0.25, -0.2) is 4.79 Å². The van der Waals surface area contributed by atoms with Crippen molar-refractivity contribution in [3.05, 3.63) is 33.8 Å². The SMILES string of the molecule is CCC(NC(=O)CSCc1ccc(Cl)cc1Cl)C(=O)O. The van der Waals surface area contributed by atoms with Gasteiger partial charge in [0.15, 0.2) is 0 Å². The molecule has 0 saturated heterocycles. The number of hydrogen-bond acceptors (Lipinski definition) is 3. The number of benzene rings is 1. The lowest BCUT2D eigenvalue weighted by atomic mass is 10.2. The number of hydrogen-bond donors (Lipinski definition) is 2. The molecule has 20 heavy (non-hydrogen) atoms. The van der Waals surface area contributed by atoms with E-state index in [0.717, 1.165) is 5.56 Å². The normalized spacial score (nSPS) is 11.9. The maximum atomic E-state index is 11.6. The lowest BCUT2D eigenvalue weighted by molar-refractivity contribution is -0.141. The third kappa shape index (κ3) is 5.61. The highest BCUT2D eigenvalue weighted by molar-refractivity contribution is 7.99. The highest BCUT2D eigenvalue weighted by Crippen LogP contribution is 2.24. The fourth-order valence-electron chi connectivity index (χ4n) is 1.47. The first-order chi connectivity index (χ1) is 9.43. The van der Waals surface area contributed by atoms with Gasteiger partial charge < -0.3 is 10.4 Å². The number of rotatable bonds is 7. The van der Waals surface area contributed by atoms with E-state index in [9.17, 15) is 9.59 Å². The second kappa shape index (κ2) is 8.39.